The van der Waals surface area contributed by atoms with Crippen LogP contribution in [0.15, 0.2) is 146 Å². The van der Waals surface area contributed by atoms with Gasteiger partial charge in [0, 0.05) is 23.6 Å². The lowest BCUT2D eigenvalue weighted by Gasteiger charge is -2.37. The Kier molecular flexibility index (Phi) is 9.75. The smallest absolute Gasteiger partial charge is 0.408 e. The SMILES string of the molecule is C[C@H](NC(=O)OCc1ccccc1)C(=O)Oc1ccc2[nH]cc(CCNC(c3ccccc3)(c3ccccc3)c3ccccc3)c2c1. The van der Waals surface area contributed by atoms with Crippen LogP contribution in [0, 0.1) is 0 Å². The van der Waals surface area contributed by atoms with Crippen LogP contribution >= 0.6 is 0 Å². The number of aromatic amines is 1. The first kappa shape index (κ1) is 31.3. The van der Waals surface area contributed by atoms with Gasteiger partial charge < -0.3 is 19.8 Å². The third-order valence-corrected chi connectivity index (χ3v) is 8.26. The number of fused-ring (bicyclic) bond motifs is 1. The largest absolute Gasteiger partial charge is 0.445 e. The summed E-state index contributed by atoms with van der Waals surface area (Å²) in [7, 11) is 0. The van der Waals surface area contributed by atoms with E-state index in [1.807, 2.05) is 66.9 Å². The minimum Gasteiger partial charge on any atom is -0.445 e. The lowest BCUT2D eigenvalue weighted by atomic mass is 9.77. The number of carbonyl (C=O) groups excluding carboxylic acids is 2. The van der Waals surface area contributed by atoms with Gasteiger partial charge in [-0.25, -0.2) is 9.59 Å². The second-order valence-corrected chi connectivity index (χ2v) is 11.4. The zero-order valence-electron chi connectivity index (χ0n) is 26.2. The summed E-state index contributed by atoms with van der Waals surface area (Å²) in [6.07, 6.45) is 2.03. The average molecular weight is 624 g/mol. The van der Waals surface area contributed by atoms with Crippen LogP contribution in [0.25, 0.3) is 10.9 Å². The summed E-state index contributed by atoms with van der Waals surface area (Å²) in [6.45, 7) is 2.34. The molecular weight excluding hydrogens is 586 g/mol. The molecule has 0 spiro atoms. The second kappa shape index (κ2) is 14.6. The van der Waals surface area contributed by atoms with E-state index in [0.29, 0.717) is 12.3 Å². The van der Waals surface area contributed by atoms with Crippen LogP contribution in [-0.4, -0.2) is 29.6 Å². The Balaban J connectivity index is 1.16. The highest BCUT2D eigenvalue weighted by Gasteiger charge is 2.35. The third-order valence-electron chi connectivity index (χ3n) is 8.26. The second-order valence-electron chi connectivity index (χ2n) is 11.4. The van der Waals surface area contributed by atoms with E-state index in [-0.39, 0.29) is 6.61 Å². The molecule has 0 aliphatic carbocycles. The van der Waals surface area contributed by atoms with Gasteiger partial charge in [-0.15, -0.1) is 0 Å². The summed E-state index contributed by atoms with van der Waals surface area (Å²) in [5.41, 5.74) is 5.77. The summed E-state index contributed by atoms with van der Waals surface area (Å²) in [5, 5.41) is 7.44. The van der Waals surface area contributed by atoms with E-state index in [1.165, 1.54) is 0 Å². The summed E-state index contributed by atoms with van der Waals surface area (Å²) in [5.74, 6) is -0.187. The van der Waals surface area contributed by atoms with Crippen LogP contribution < -0.4 is 15.4 Å². The van der Waals surface area contributed by atoms with E-state index in [9.17, 15) is 9.59 Å². The fourth-order valence-electron chi connectivity index (χ4n) is 5.89. The molecule has 1 atom stereocenters. The molecule has 7 nitrogen and oxygen atoms in total. The first-order valence-corrected chi connectivity index (χ1v) is 15.7. The van der Waals surface area contributed by atoms with Crippen molar-refractivity contribution in [1.82, 2.24) is 15.6 Å². The molecule has 6 aromatic rings. The maximum absolute atomic E-state index is 12.9. The summed E-state index contributed by atoms with van der Waals surface area (Å²) in [4.78, 5) is 28.5. The fourth-order valence-corrected chi connectivity index (χ4v) is 5.89. The van der Waals surface area contributed by atoms with Gasteiger partial charge in [0.05, 0.1) is 5.54 Å². The molecule has 0 saturated carbocycles. The molecule has 1 aromatic heterocycles. The molecule has 1 amide bonds. The standard InChI is InChI=1S/C40H37N3O4/c1-29(43-39(45)46-28-30-14-6-2-7-15-30)38(44)47-35-22-23-37-36(26-35)31(27-41-37)24-25-42-40(32-16-8-3-9-17-32,33-18-10-4-11-19-33)34-20-12-5-13-21-34/h2-23,26-27,29,41-42H,24-25,28H2,1H3,(H,43,45)/t29-/m0/s1. The molecule has 3 N–H and O–H groups in total. The molecule has 5 aromatic carbocycles. The molecule has 0 unspecified atom stereocenters. The molecule has 0 radical (unpaired) electrons. The van der Waals surface area contributed by atoms with Crippen molar-refractivity contribution in [2.75, 3.05) is 6.54 Å². The van der Waals surface area contributed by atoms with Crippen molar-refractivity contribution in [3.8, 4) is 5.75 Å². The van der Waals surface area contributed by atoms with Gasteiger partial charge in [-0.2, -0.15) is 0 Å². The molecule has 47 heavy (non-hydrogen) atoms. The Hall–Kier alpha value is -5.66. The van der Waals surface area contributed by atoms with Crippen LogP contribution in [-0.2, 0) is 28.1 Å². The first-order chi connectivity index (χ1) is 23.0. The maximum Gasteiger partial charge on any atom is 0.408 e. The number of H-pyrrole nitrogens is 1. The van der Waals surface area contributed by atoms with Crippen molar-refractivity contribution in [2.24, 2.45) is 0 Å². The van der Waals surface area contributed by atoms with Crippen LogP contribution in [0.4, 0.5) is 4.79 Å². The van der Waals surface area contributed by atoms with Gasteiger partial charge in [0.2, 0.25) is 0 Å². The predicted octanol–water partition coefficient (Wildman–Crippen LogP) is 7.51. The Bertz CT molecular complexity index is 1810. The van der Waals surface area contributed by atoms with Crippen molar-refractivity contribution in [3.63, 3.8) is 0 Å². The topological polar surface area (TPSA) is 92.4 Å². The predicted molar refractivity (Wildman–Crippen MR) is 184 cm³/mol. The number of amides is 1. The monoisotopic (exact) mass is 623 g/mol. The van der Waals surface area contributed by atoms with E-state index in [0.717, 1.165) is 45.1 Å². The normalized spacial score (nSPS) is 11.9. The van der Waals surface area contributed by atoms with Crippen molar-refractivity contribution in [3.05, 3.63) is 174 Å². The number of alkyl carbamates (subject to hydrolysis) is 1. The highest BCUT2D eigenvalue weighted by Crippen LogP contribution is 2.37. The Morgan fingerprint density at radius 2 is 1.30 bits per heavy atom. The maximum atomic E-state index is 12.9. The summed E-state index contributed by atoms with van der Waals surface area (Å²) in [6, 6.07) is 45.5. The van der Waals surface area contributed by atoms with Gasteiger partial charge in [-0.3, -0.25) is 5.32 Å². The van der Waals surface area contributed by atoms with Gasteiger partial charge in [0.15, 0.2) is 0 Å². The fraction of sp³-hybridized carbons (Fsp3) is 0.150. The van der Waals surface area contributed by atoms with E-state index in [1.54, 1.807) is 13.0 Å². The summed E-state index contributed by atoms with van der Waals surface area (Å²) >= 11 is 0. The molecule has 0 bridgehead atoms. The van der Waals surface area contributed by atoms with Crippen molar-refractivity contribution in [2.45, 2.75) is 31.5 Å². The number of aromatic nitrogens is 1. The summed E-state index contributed by atoms with van der Waals surface area (Å²) < 4.78 is 10.9. The highest BCUT2D eigenvalue weighted by atomic mass is 16.6. The van der Waals surface area contributed by atoms with Gasteiger partial charge in [0.1, 0.15) is 18.4 Å². The molecule has 0 saturated heterocycles. The number of benzene rings is 5. The van der Waals surface area contributed by atoms with Crippen LogP contribution in [0.1, 0.15) is 34.7 Å². The Morgan fingerprint density at radius 3 is 1.87 bits per heavy atom. The van der Waals surface area contributed by atoms with E-state index < -0.39 is 23.6 Å². The van der Waals surface area contributed by atoms with Gasteiger partial charge in [-0.1, -0.05) is 121 Å². The molecule has 0 aliphatic rings. The van der Waals surface area contributed by atoms with Gasteiger partial charge >= 0.3 is 12.1 Å². The number of hydrogen-bond donors (Lipinski definition) is 3. The highest BCUT2D eigenvalue weighted by molar-refractivity contribution is 5.87. The minimum atomic E-state index is -0.897. The van der Waals surface area contributed by atoms with Crippen molar-refractivity contribution >= 4 is 23.0 Å². The minimum absolute atomic E-state index is 0.111. The number of hydrogen-bond acceptors (Lipinski definition) is 5. The van der Waals surface area contributed by atoms with E-state index >= 15 is 0 Å². The zero-order valence-corrected chi connectivity index (χ0v) is 26.2. The third kappa shape index (κ3) is 7.27. The lowest BCUT2D eigenvalue weighted by molar-refractivity contribution is -0.136. The van der Waals surface area contributed by atoms with E-state index in [2.05, 4.69) is 88.4 Å². The molecule has 0 aliphatic heterocycles. The van der Waals surface area contributed by atoms with Crippen molar-refractivity contribution < 1.29 is 19.1 Å². The molecule has 7 heteroatoms. The van der Waals surface area contributed by atoms with Crippen LogP contribution in [0.5, 0.6) is 5.75 Å². The Morgan fingerprint density at radius 1 is 0.745 bits per heavy atom. The number of nitrogens with one attached hydrogen (secondary N) is 3. The number of rotatable bonds is 12. The Labute approximate surface area is 274 Å². The van der Waals surface area contributed by atoms with E-state index in [4.69, 9.17) is 9.47 Å². The zero-order chi connectivity index (χ0) is 32.5. The molecule has 6 rings (SSSR count). The molecule has 236 valence electrons. The quantitative estimate of drug-likeness (QED) is 0.0746. The average Bonchev–Trinajstić information content (AvgIpc) is 3.53. The molecular formula is C40H37N3O4. The molecule has 1 heterocycles. The van der Waals surface area contributed by atoms with Gasteiger partial charge in [0.25, 0.3) is 0 Å². The van der Waals surface area contributed by atoms with Gasteiger partial charge in [-0.05, 0) is 59.4 Å². The first-order valence-electron chi connectivity index (χ1n) is 15.7. The van der Waals surface area contributed by atoms with Crippen LogP contribution in [0.3, 0.4) is 0 Å². The van der Waals surface area contributed by atoms with Crippen LogP contribution in [0.2, 0.25) is 0 Å². The van der Waals surface area contributed by atoms with Crippen molar-refractivity contribution in [1.29, 1.82) is 0 Å². The number of esters is 1. The molecule has 0 fully saturated rings. The lowest BCUT2D eigenvalue weighted by Crippen LogP contribution is -2.45. The number of carbonyl (C=O) groups is 2. The number of ether oxygens (including phenoxy) is 2.